The van der Waals surface area contributed by atoms with E-state index in [9.17, 15) is 13.2 Å². The van der Waals surface area contributed by atoms with Gasteiger partial charge in [-0.15, -0.1) is 0 Å². The minimum Gasteiger partial charge on any atom is -0.338 e. The van der Waals surface area contributed by atoms with Gasteiger partial charge >= 0.3 is 0 Å². The van der Waals surface area contributed by atoms with Crippen LogP contribution < -0.4 is 0 Å². The lowest BCUT2D eigenvalue weighted by Gasteiger charge is -2.30. The fourth-order valence-electron chi connectivity index (χ4n) is 3.46. The van der Waals surface area contributed by atoms with E-state index in [0.717, 1.165) is 36.9 Å². The second kappa shape index (κ2) is 6.84. The van der Waals surface area contributed by atoms with Gasteiger partial charge in [0.15, 0.2) is 0 Å². The summed E-state index contributed by atoms with van der Waals surface area (Å²) in [5.74, 6) is 0.490. The highest BCUT2D eigenvalue weighted by Gasteiger charge is 2.29. The molecular formula is C18H26N2O3S. The monoisotopic (exact) mass is 350 g/mol. The SMILES string of the molecule is CC(C)CC(=O)N1CCc2ccc(S(=O)(=O)N3CCCC3)cc2C1. The lowest BCUT2D eigenvalue weighted by atomic mass is 9.99. The summed E-state index contributed by atoms with van der Waals surface area (Å²) in [5, 5.41) is 0. The van der Waals surface area contributed by atoms with Crippen molar-refractivity contribution in [1.29, 1.82) is 0 Å². The number of hydrogen-bond acceptors (Lipinski definition) is 3. The van der Waals surface area contributed by atoms with Crippen molar-refractivity contribution in [2.45, 2.75) is 51.0 Å². The highest BCUT2D eigenvalue weighted by Crippen LogP contribution is 2.26. The molecule has 0 atom stereocenters. The lowest BCUT2D eigenvalue weighted by molar-refractivity contribution is -0.132. The summed E-state index contributed by atoms with van der Waals surface area (Å²) in [7, 11) is -3.40. The van der Waals surface area contributed by atoms with Gasteiger partial charge in [-0.05, 0) is 48.4 Å². The summed E-state index contributed by atoms with van der Waals surface area (Å²) in [6.07, 6.45) is 3.20. The summed E-state index contributed by atoms with van der Waals surface area (Å²) in [5.41, 5.74) is 2.13. The molecule has 2 aliphatic rings. The van der Waals surface area contributed by atoms with Crippen LogP contribution in [0.25, 0.3) is 0 Å². The molecule has 6 heteroatoms. The maximum absolute atomic E-state index is 12.7. The van der Waals surface area contributed by atoms with E-state index in [2.05, 4.69) is 0 Å². The summed E-state index contributed by atoms with van der Waals surface area (Å²) >= 11 is 0. The molecule has 0 aromatic heterocycles. The summed E-state index contributed by atoms with van der Waals surface area (Å²) in [6.45, 7) is 6.53. The molecule has 1 fully saturated rings. The van der Waals surface area contributed by atoms with Crippen molar-refractivity contribution in [2.24, 2.45) is 5.92 Å². The lowest BCUT2D eigenvalue weighted by Crippen LogP contribution is -2.36. The average Bonchev–Trinajstić information content (AvgIpc) is 3.08. The number of benzene rings is 1. The minimum absolute atomic E-state index is 0.156. The molecular weight excluding hydrogens is 324 g/mol. The molecule has 3 rings (SSSR count). The molecule has 0 saturated carbocycles. The Morgan fingerprint density at radius 3 is 2.50 bits per heavy atom. The molecule has 0 radical (unpaired) electrons. The van der Waals surface area contributed by atoms with Gasteiger partial charge < -0.3 is 4.90 Å². The molecule has 0 spiro atoms. The Kier molecular flexibility index (Phi) is 4.97. The topological polar surface area (TPSA) is 57.7 Å². The molecule has 2 heterocycles. The Labute approximate surface area is 144 Å². The maximum atomic E-state index is 12.7. The summed E-state index contributed by atoms with van der Waals surface area (Å²) < 4.78 is 27.0. The van der Waals surface area contributed by atoms with Crippen molar-refractivity contribution >= 4 is 15.9 Å². The van der Waals surface area contributed by atoms with Crippen molar-refractivity contribution < 1.29 is 13.2 Å². The predicted octanol–water partition coefficient (Wildman–Crippen LogP) is 2.40. The van der Waals surface area contributed by atoms with E-state index in [4.69, 9.17) is 0 Å². The van der Waals surface area contributed by atoms with E-state index in [1.807, 2.05) is 24.8 Å². The van der Waals surface area contributed by atoms with Crippen LogP contribution in [0.4, 0.5) is 0 Å². The molecule has 2 aliphatic heterocycles. The van der Waals surface area contributed by atoms with Crippen LogP contribution in [-0.2, 0) is 27.8 Å². The third kappa shape index (κ3) is 3.49. The number of rotatable bonds is 4. The van der Waals surface area contributed by atoms with Gasteiger partial charge in [0.25, 0.3) is 0 Å². The number of sulfonamides is 1. The Bertz CT molecular complexity index is 722. The fraction of sp³-hybridized carbons (Fsp3) is 0.611. The van der Waals surface area contributed by atoms with Crippen molar-refractivity contribution in [3.63, 3.8) is 0 Å². The zero-order valence-electron chi connectivity index (χ0n) is 14.5. The quantitative estimate of drug-likeness (QED) is 0.838. The van der Waals surface area contributed by atoms with Crippen LogP contribution in [0.5, 0.6) is 0 Å². The Morgan fingerprint density at radius 2 is 1.83 bits per heavy atom. The molecule has 5 nitrogen and oxygen atoms in total. The Hall–Kier alpha value is -1.40. The van der Waals surface area contributed by atoms with Crippen LogP contribution in [0.1, 0.15) is 44.2 Å². The van der Waals surface area contributed by atoms with Gasteiger partial charge in [0.1, 0.15) is 0 Å². The maximum Gasteiger partial charge on any atom is 0.243 e. The molecule has 1 aromatic rings. The number of nitrogens with zero attached hydrogens (tertiary/aromatic N) is 2. The van der Waals surface area contributed by atoms with E-state index in [0.29, 0.717) is 36.9 Å². The molecule has 0 unspecified atom stereocenters. The summed E-state index contributed by atoms with van der Waals surface area (Å²) in [4.78, 5) is 14.5. The van der Waals surface area contributed by atoms with Crippen LogP contribution >= 0.6 is 0 Å². The third-order valence-corrected chi connectivity index (χ3v) is 6.72. The second-order valence-electron chi connectivity index (χ2n) is 7.20. The van der Waals surface area contributed by atoms with Crippen molar-refractivity contribution in [2.75, 3.05) is 19.6 Å². The molecule has 0 bridgehead atoms. The zero-order chi connectivity index (χ0) is 17.3. The van der Waals surface area contributed by atoms with E-state index in [-0.39, 0.29) is 5.91 Å². The van der Waals surface area contributed by atoms with E-state index >= 15 is 0 Å². The normalized spacial score (nSPS) is 18.9. The van der Waals surface area contributed by atoms with Crippen LogP contribution in [0.2, 0.25) is 0 Å². The minimum atomic E-state index is -3.40. The molecule has 1 saturated heterocycles. The second-order valence-corrected chi connectivity index (χ2v) is 9.14. The van der Waals surface area contributed by atoms with Gasteiger partial charge in [-0.1, -0.05) is 19.9 Å². The molecule has 1 amide bonds. The van der Waals surface area contributed by atoms with Gasteiger partial charge in [-0.2, -0.15) is 4.31 Å². The molecule has 24 heavy (non-hydrogen) atoms. The first-order valence-corrected chi connectivity index (χ1v) is 10.2. The van der Waals surface area contributed by atoms with Crippen molar-refractivity contribution in [3.05, 3.63) is 29.3 Å². The number of fused-ring (bicyclic) bond motifs is 1. The van der Waals surface area contributed by atoms with E-state index in [1.54, 1.807) is 16.4 Å². The van der Waals surface area contributed by atoms with Crippen molar-refractivity contribution in [1.82, 2.24) is 9.21 Å². The van der Waals surface area contributed by atoms with Gasteiger partial charge in [0, 0.05) is 32.6 Å². The first-order valence-electron chi connectivity index (χ1n) is 8.77. The van der Waals surface area contributed by atoms with Gasteiger partial charge in [0.05, 0.1) is 4.90 Å². The predicted molar refractivity (Wildman–Crippen MR) is 93.0 cm³/mol. The smallest absolute Gasteiger partial charge is 0.243 e. The number of amides is 1. The fourth-order valence-corrected chi connectivity index (χ4v) is 5.03. The van der Waals surface area contributed by atoms with E-state index in [1.165, 1.54) is 0 Å². The standard InChI is InChI=1S/C18H26N2O3S/c1-14(2)11-18(21)19-10-7-15-5-6-17(12-16(15)13-19)24(22,23)20-8-3-4-9-20/h5-6,12,14H,3-4,7-11,13H2,1-2H3. The highest BCUT2D eigenvalue weighted by molar-refractivity contribution is 7.89. The first kappa shape index (κ1) is 17.4. The summed E-state index contributed by atoms with van der Waals surface area (Å²) in [6, 6.07) is 5.42. The van der Waals surface area contributed by atoms with Crippen LogP contribution in [-0.4, -0.2) is 43.2 Å². The van der Waals surface area contributed by atoms with Crippen molar-refractivity contribution in [3.8, 4) is 0 Å². The Balaban J connectivity index is 1.82. The van der Waals surface area contributed by atoms with Crippen LogP contribution in [0, 0.1) is 5.92 Å². The Morgan fingerprint density at radius 1 is 1.12 bits per heavy atom. The number of carbonyl (C=O) groups excluding carboxylic acids is 1. The average molecular weight is 350 g/mol. The first-order chi connectivity index (χ1) is 11.4. The highest BCUT2D eigenvalue weighted by atomic mass is 32.2. The zero-order valence-corrected chi connectivity index (χ0v) is 15.3. The van der Waals surface area contributed by atoms with Crippen LogP contribution in [0.3, 0.4) is 0 Å². The largest absolute Gasteiger partial charge is 0.338 e. The van der Waals surface area contributed by atoms with Gasteiger partial charge in [-0.25, -0.2) is 8.42 Å². The molecule has 1 aromatic carbocycles. The number of carbonyl (C=O) groups is 1. The molecule has 0 aliphatic carbocycles. The number of hydrogen-bond donors (Lipinski definition) is 0. The molecule has 0 N–H and O–H groups in total. The molecule has 132 valence electrons. The van der Waals surface area contributed by atoms with E-state index < -0.39 is 10.0 Å². The van der Waals surface area contributed by atoms with Crippen LogP contribution in [0.15, 0.2) is 23.1 Å². The van der Waals surface area contributed by atoms with Gasteiger partial charge in [0.2, 0.25) is 15.9 Å². The third-order valence-electron chi connectivity index (χ3n) is 4.83. The van der Waals surface area contributed by atoms with Gasteiger partial charge in [-0.3, -0.25) is 4.79 Å².